The van der Waals surface area contributed by atoms with Gasteiger partial charge < -0.3 is 4.74 Å². The van der Waals surface area contributed by atoms with Gasteiger partial charge in [0, 0.05) is 29.9 Å². The Morgan fingerprint density at radius 2 is 2.00 bits per heavy atom. The summed E-state index contributed by atoms with van der Waals surface area (Å²) in [5, 5.41) is 0.624. The van der Waals surface area contributed by atoms with Crippen LogP contribution in [0.3, 0.4) is 0 Å². The molecule has 24 heavy (non-hydrogen) atoms. The molecule has 0 aliphatic rings. The Bertz CT molecular complexity index is 846. The van der Waals surface area contributed by atoms with E-state index < -0.39 is 0 Å². The number of pyridine rings is 2. The molecule has 0 radical (unpaired) electrons. The van der Waals surface area contributed by atoms with Crippen molar-refractivity contribution >= 4 is 17.4 Å². The Morgan fingerprint density at radius 1 is 1.12 bits per heavy atom. The first-order valence-corrected chi connectivity index (χ1v) is 7.81. The lowest BCUT2D eigenvalue weighted by Crippen LogP contribution is -2.06. The zero-order valence-corrected chi connectivity index (χ0v) is 13.8. The molecule has 3 aromatic rings. The maximum atomic E-state index is 12.5. The molecule has 3 rings (SSSR count). The summed E-state index contributed by atoms with van der Waals surface area (Å²) in [5.74, 6) is 1.06. The van der Waals surface area contributed by atoms with E-state index in [1.807, 2.05) is 19.1 Å². The molecule has 0 atom stereocenters. The SMILES string of the molecule is Cc1cc(Cl)cc(CC(=O)c2cc(Oc3cccnc3)ccn2)c1. The third kappa shape index (κ3) is 4.18. The van der Waals surface area contributed by atoms with Crippen LogP contribution in [0.25, 0.3) is 0 Å². The van der Waals surface area contributed by atoms with E-state index in [-0.39, 0.29) is 12.2 Å². The molecule has 0 unspecified atom stereocenters. The second kappa shape index (κ2) is 7.23. The van der Waals surface area contributed by atoms with Crippen LogP contribution in [0, 0.1) is 6.92 Å². The molecule has 2 heterocycles. The predicted molar refractivity (Wildman–Crippen MR) is 92.8 cm³/mol. The monoisotopic (exact) mass is 338 g/mol. The lowest BCUT2D eigenvalue weighted by atomic mass is 10.0. The van der Waals surface area contributed by atoms with Gasteiger partial charge in [0.1, 0.15) is 17.2 Å². The van der Waals surface area contributed by atoms with Gasteiger partial charge in [0.05, 0.1) is 6.20 Å². The van der Waals surface area contributed by atoms with Gasteiger partial charge in [-0.1, -0.05) is 17.7 Å². The van der Waals surface area contributed by atoms with Crippen LogP contribution in [-0.2, 0) is 6.42 Å². The number of Topliss-reactive ketones (excluding diaryl/α,β-unsaturated/α-hetero) is 1. The number of rotatable bonds is 5. The number of ether oxygens (including phenoxy) is 1. The smallest absolute Gasteiger partial charge is 0.185 e. The number of carbonyl (C=O) groups excluding carboxylic acids is 1. The molecule has 5 heteroatoms. The first-order valence-electron chi connectivity index (χ1n) is 7.43. The first kappa shape index (κ1) is 16.1. The summed E-state index contributed by atoms with van der Waals surface area (Å²) in [5.41, 5.74) is 2.24. The molecule has 4 nitrogen and oxygen atoms in total. The molecule has 1 aromatic carbocycles. The highest BCUT2D eigenvalue weighted by Gasteiger charge is 2.11. The number of aromatic nitrogens is 2. The minimum atomic E-state index is -0.0895. The molecule has 0 saturated carbocycles. The molecule has 0 fully saturated rings. The highest BCUT2D eigenvalue weighted by molar-refractivity contribution is 6.30. The van der Waals surface area contributed by atoms with E-state index in [2.05, 4.69) is 9.97 Å². The minimum absolute atomic E-state index is 0.0895. The Morgan fingerprint density at radius 3 is 2.75 bits per heavy atom. The third-order valence-corrected chi connectivity index (χ3v) is 3.57. The van der Waals surface area contributed by atoms with Crippen molar-refractivity contribution in [3.05, 3.63) is 82.9 Å². The van der Waals surface area contributed by atoms with Gasteiger partial charge in [-0.2, -0.15) is 0 Å². The maximum absolute atomic E-state index is 12.5. The van der Waals surface area contributed by atoms with Gasteiger partial charge in [-0.05, 0) is 48.4 Å². The summed E-state index contributed by atoms with van der Waals surface area (Å²) in [4.78, 5) is 20.6. The van der Waals surface area contributed by atoms with E-state index in [9.17, 15) is 4.79 Å². The van der Waals surface area contributed by atoms with Gasteiger partial charge in [0.25, 0.3) is 0 Å². The van der Waals surface area contributed by atoms with Crippen molar-refractivity contribution in [1.82, 2.24) is 9.97 Å². The molecule has 0 bridgehead atoms. The van der Waals surface area contributed by atoms with Crippen LogP contribution in [0.2, 0.25) is 5.02 Å². The number of nitrogens with zero attached hydrogens (tertiary/aromatic N) is 2. The highest BCUT2D eigenvalue weighted by Crippen LogP contribution is 2.21. The summed E-state index contributed by atoms with van der Waals surface area (Å²) in [7, 11) is 0. The van der Waals surface area contributed by atoms with Crippen molar-refractivity contribution in [3.8, 4) is 11.5 Å². The molecule has 2 aromatic heterocycles. The topological polar surface area (TPSA) is 52.1 Å². The van der Waals surface area contributed by atoms with E-state index in [1.54, 1.807) is 48.9 Å². The maximum Gasteiger partial charge on any atom is 0.185 e. The van der Waals surface area contributed by atoms with Crippen LogP contribution < -0.4 is 4.74 Å². The summed E-state index contributed by atoms with van der Waals surface area (Å²) in [6, 6.07) is 12.5. The van der Waals surface area contributed by atoms with Crippen LogP contribution in [0.4, 0.5) is 0 Å². The van der Waals surface area contributed by atoms with Crippen molar-refractivity contribution in [2.24, 2.45) is 0 Å². The van der Waals surface area contributed by atoms with E-state index in [0.29, 0.717) is 22.2 Å². The van der Waals surface area contributed by atoms with E-state index in [1.165, 1.54) is 0 Å². The zero-order valence-electron chi connectivity index (χ0n) is 13.1. The normalized spacial score (nSPS) is 10.4. The number of aryl methyl sites for hydroxylation is 1. The highest BCUT2D eigenvalue weighted by atomic mass is 35.5. The van der Waals surface area contributed by atoms with Gasteiger partial charge in [-0.25, -0.2) is 0 Å². The number of ketones is 1. The lowest BCUT2D eigenvalue weighted by Gasteiger charge is -2.07. The molecule has 0 N–H and O–H groups in total. The predicted octanol–water partition coefficient (Wildman–Crippen LogP) is 4.66. The van der Waals surface area contributed by atoms with E-state index in [4.69, 9.17) is 16.3 Å². The molecule has 0 aliphatic carbocycles. The number of halogens is 1. The Hall–Kier alpha value is -2.72. The van der Waals surface area contributed by atoms with Gasteiger partial charge in [0.15, 0.2) is 5.78 Å². The van der Waals surface area contributed by atoms with Crippen LogP contribution in [0.5, 0.6) is 11.5 Å². The number of hydrogen-bond acceptors (Lipinski definition) is 4. The summed E-state index contributed by atoms with van der Waals surface area (Å²) in [6.45, 7) is 1.94. The Kier molecular flexibility index (Phi) is 4.87. The average molecular weight is 339 g/mol. The minimum Gasteiger partial charge on any atom is -0.456 e. The third-order valence-electron chi connectivity index (χ3n) is 3.35. The fourth-order valence-corrected chi connectivity index (χ4v) is 2.67. The lowest BCUT2D eigenvalue weighted by molar-refractivity contribution is 0.0988. The quantitative estimate of drug-likeness (QED) is 0.635. The Labute approximate surface area is 145 Å². The van der Waals surface area contributed by atoms with Gasteiger partial charge in [0.2, 0.25) is 0 Å². The van der Waals surface area contributed by atoms with Crippen molar-refractivity contribution in [2.75, 3.05) is 0 Å². The van der Waals surface area contributed by atoms with Gasteiger partial charge in [-0.15, -0.1) is 0 Å². The summed E-state index contributed by atoms with van der Waals surface area (Å²) < 4.78 is 5.68. The molecule has 0 aliphatic heterocycles. The van der Waals surface area contributed by atoms with E-state index in [0.717, 1.165) is 11.1 Å². The fraction of sp³-hybridized carbons (Fsp3) is 0.105. The Balaban J connectivity index is 1.76. The van der Waals surface area contributed by atoms with Crippen LogP contribution in [-0.4, -0.2) is 15.8 Å². The van der Waals surface area contributed by atoms with Crippen molar-refractivity contribution in [3.63, 3.8) is 0 Å². The molecule has 120 valence electrons. The van der Waals surface area contributed by atoms with Gasteiger partial charge in [-0.3, -0.25) is 14.8 Å². The standard InChI is InChI=1S/C19H15ClN2O2/c1-13-7-14(9-15(20)8-13)10-19(23)18-11-16(4-6-22-18)24-17-3-2-5-21-12-17/h2-9,11-12H,10H2,1H3. The summed E-state index contributed by atoms with van der Waals surface area (Å²) in [6.07, 6.45) is 5.07. The molecular weight excluding hydrogens is 324 g/mol. The zero-order chi connectivity index (χ0) is 16.9. The largest absolute Gasteiger partial charge is 0.456 e. The van der Waals surface area contributed by atoms with Gasteiger partial charge >= 0.3 is 0 Å². The number of hydrogen-bond donors (Lipinski definition) is 0. The number of benzene rings is 1. The van der Waals surface area contributed by atoms with Crippen molar-refractivity contribution in [2.45, 2.75) is 13.3 Å². The van der Waals surface area contributed by atoms with Crippen molar-refractivity contribution in [1.29, 1.82) is 0 Å². The second-order valence-corrected chi connectivity index (χ2v) is 5.84. The average Bonchev–Trinajstić information content (AvgIpc) is 2.55. The van der Waals surface area contributed by atoms with E-state index >= 15 is 0 Å². The van der Waals surface area contributed by atoms with Crippen LogP contribution in [0.15, 0.2) is 61.1 Å². The van der Waals surface area contributed by atoms with Crippen LogP contribution >= 0.6 is 11.6 Å². The molecule has 0 amide bonds. The summed E-state index contributed by atoms with van der Waals surface area (Å²) >= 11 is 6.04. The molecular formula is C19H15ClN2O2. The fourth-order valence-electron chi connectivity index (χ4n) is 2.36. The first-order chi connectivity index (χ1) is 11.6. The van der Waals surface area contributed by atoms with Crippen LogP contribution in [0.1, 0.15) is 21.6 Å². The molecule has 0 spiro atoms. The second-order valence-electron chi connectivity index (χ2n) is 5.40. The van der Waals surface area contributed by atoms with Crippen molar-refractivity contribution < 1.29 is 9.53 Å². The molecule has 0 saturated heterocycles. The number of carbonyl (C=O) groups is 1.